The van der Waals surface area contributed by atoms with Gasteiger partial charge in [0.15, 0.2) is 5.58 Å². The van der Waals surface area contributed by atoms with Gasteiger partial charge in [-0.25, -0.2) is 4.98 Å². The van der Waals surface area contributed by atoms with Gasteiger partial charge in [0.25, 0.3) is 5.91 Å². The molecule has 2 atom stereocenters. The molecule has 0 bridgehead atoms. The highest BCUT2D eigenvalue weighted by molar-refractivity contribution is 5.97. The number of nitrogens with two attached hydrogens (primary N) is 1. The van der Waals surface area contributed by atoms with E-state index in [4.69, 9.17) is 10.2 Å². The summed E-state index contributed by atoms with van der Waals surface area (Å²) in [6.07, 6.45) is 3.04. The molecule has 7 nitrogen and oxygen atoms in total. The Balaban J connectivity index is 1.52. The van der Waals surface area contributed by atoms with E-state index in [-0.39, 0.29) is 18.4 Å². The molecule has 0 unspecified atom stereocenters. The standard InChI is InChI=1S/C27H30N4O3/c1-18(2)16-31(17-24(32)22(28)14-19-6-4-3-5-7-19)27(33)21-8-9-23-25(15-21)34-26(30-23)20-10-12-29-13-11-20/h3-13,15,18,22,24,32H,14,16-17,28H2,1-2H3/t22-,24+/m0/s1. The number of carbonyl (C=O) groups excluding carboxylic acids is 1. The van der Waals surface area contributed by atoms with Crippen molar-refractivity contribution < 1.29 is 14.3 Å². The highest BCUT2D eigenvalue weighted by Gasteiger charge is 2.24. The van der Waals surface area contributed by atoms with Gasteiger partial charge in [-0.2, -0.15) is 0 Å². The molecule has 0 saturated heterocycles. The van der Waals surface area contributed by atoms with Crippen LogP contribution >= 0.6 is 0 Å². The second-order valence-corrected chi connectivity index (χ2v) is 8.96. The number of benzene rings is 2. The van der Waals surface area contributed by atoms with Crippen LogP contribution in [0.15, 0.2) is 77.5 Å². The van der Waals surface area contributed by atoms with Gasteiger partial charge < -0.3 is 20.2 Å². The molecule has 0 spiro atoms. The minimum atomic E-state index is -0.852. The zero-order valence-electron chi connectivity index (χ0n) is 19.5. The minimum Gasteiger partial charge on any atom is -0.436 e. The zero-order chi connectivity index (χ0) is 24.1. The molecule has 0 aliphatic heterocycles. The third-order valence-electron chi connectivity index (χ3n) is 5.65. The van der Waals surface area contributed by atoms with Crippen molar-refractivity contribution >= 4 is 17.0 Å². The molecule has 2 heterocycles. The van der Waals surface area contributed by atoms with Crippen LogP contribution in [-0.2, 0) is 6.42 Å². The number of nitrogens with zero attached hydrogens (tertiary/aromatic N) is 3. The highest BCUT2D eigenvalue weighted by Crippen LogP contribution is 2.25. The maximum absolute atomic E-state index is 13.4. The van der Waals surface area contributed by atoms with E-state index in [1.165, 1.54) is 0 Å². The van der Waals surface area contributed by atoms with Gasteiger partial charge in [-0.3, -0.25) is 9.78 Å². The van der Waals surface area contributed by atoms with E-state index in [1.807, 2.05) is 56.3 Å². The third-order valence-corrected chi connectivity index (χ3v) is 5.65. The van der Waals surface area contributed by atoms with Crippen molar-refractivity contribution in [3.05, 3.63) is 84.2 Å². The Bertz CT molecular complexity index is 1220. The summed E-state index contributed by atoms with van der Waals surface area (Å²) in [4.78, 5) is 23.6. The predicted octanol–water partition coefficient (Wildman–Crippen LogP) is 3.92. The molecule has 4 aromatic rings. The Hall–Kier alpha value is -3.55. The summed E-state index contributed by atoms with van der Waals surface area (Å²) in [6.45, 7) is 4.74. The average molecular weight is 459 g/mol. The molecule has 176 valence electrons. The van der Waals surface area contributed by atoms with Crippen LogP contribution in [0.1, 0.15) is 29.8 Å². The lowest BCUT2D eigenvalue weighted by Gasteiger charge is -2.29. The van der Waals surface area contributed by atoms with Crippen molar-refractivity contribution in [3.63, 3.8) is 0 Å². The molecule has 2 aromatic carbocycles. The zero-order valence-corrected chi connectivity index (χ0v) is 19.5. The number of oxazole rings is 1. The first kappa shape index (κ1) is 23.6. The normalized spacial score (nSPS) is 13.2. The monoisotopic (exact) mass is 458 g/mol. The molecular formula is C27H30N4O3. The van der Waals surface area contributed by atoms with Crippen molar-refractivity contribution in [3.8, 4) is 11.5 Å². The Morgan fingerprint density at radius 3 is 2.50 bits per heavy atom. The Labute approximate surface area is 199 Å². The molecule has 0 saturated carbocycles. The molecule has 0 aliphatic rings. The molecular weight excluding hydrogens is 428 g/mol. The fraction of sp³-hybridized carbons (Fsp3) is 0.296. The molecule has 2 aromatic heterocycles. The molecule has 0 aliphatic carbocycles. The lowest BCUT2D eigenvalue weighted by molar-refractivity contribution is 0.0545. The Morgan fingerprint density at radius 2 is 1.79 bits per heavy atom. The van der Waals surface area contributed by atoms with Gasteiger partial charge in [0.2, 0.25) is 5.89 Å². The van der Waals surface area contributed by atoms with Gasteiger partial charge in [-0.1, -0.05) is 44.2 Å². The van der Waals surface area contributed by atoms with E-state index >= 15 is 0 Å². The number of pyridine rings is 1. The predicted molar refractivity (Wildman–Crippen MR) is 132 cm³/mol. The number of rotatable bonds is 9. The second-order valence-electron chi connectivity index (χ2n) is 8.96. The number of fused-ring (bicyclic) bond motifs is 1. The quantitative estimate of drug-likeness (QED) is 0.394. The van der Waals surface area contributed by atoms with Gasteiger partial charge in [0.05, 0.1) is 6.10 Å². The first-order chi connectivity index (χ1) is 16.4. The Morgan fingerprint density at radius 1 is 1.06 bits per heavy atom. The van der Waals surface area contributed by atoms with Gasteiger partial charge in [-0.05, 0) is 48.2 Å². The topological polar surface area (TPSA) is 105 Å². The van der Waals surface area contributed by atoms with Gasteiger partial charge in [-0.15, -0.1) is 0 Å². The number of aliphatic hydroxyl groups is 1. The second kappa shape index (κ2) is 10.6. The van der Waals surface area contributed by atoms with Gasteiger partial charge >= 0.3 is 0 Å². The van der Waals surface area contributed by atoms with Crippen LogP contribution in [0.4, 0.5) is 0 Å². The summed E-state index contributed by atoms with van der Waals surface area (Å²) in [5.41, 5.74) is 9.83. The average Bonchev–Trinajstić information content (AvgIpc) is 3.27. The number of hydrogen-bond donors (Lipinski definition) is 2. The van der Waals surface area contributed by atoms with Gasteiger partial charge in [0, 0.05) is 42.7 Å². The summed E-state index contributed by atoms with van der Waals surface area (Å²) in [5, 5.41) is 10.8. The van der Waals surface area contributed by atoms with E-state index in [2.05, 4.69) is 9.97 Å². The van der Waals surface area contributed by atoms with Crippen LogP contribution in [0.5, 0.6) is 0 Å². The van der Waals surface area contributed by atoms with Gasteiger partial charge in [0.1, 0.15) is 5.52 Å². The number of amides is 1. The van der Waals surface area contributed by atoms with Crippen molar-refractivity contribution in [2.45, 2.75) is 32.4 Å². The van der Waals surface area contributed by atoms with Crippen LogP contribution in [0.25, 0.3) is 22.6 Å². The molecule has 4 rings (SSSR count). The third kappa shape index (κ3) is 5.68. The molecule has 0 radical (unpaired) electrons. The van der Waals surface area contributed by atoms with Crippen molar-refractivity contribution in [1.29, 1.82) is 0 Å². The molecule has 1 amide bonds. The number of aromatic nitrogens is 2. The van der Waals surface area contributed by atoms with E-state index in [0.29, 0.717) is 35.5 Å². The minimum absolute atomic E-state index is 0.154. The lowest BCUT2D eigenvalue weighted by Crippen LogP contribution is -2.47. The lowest BCUT2D eigenvalue weighted by atomic mass is 10.0. The first-order valence-electron chi connectivity index (χ1n) is 11.5. The van der Waals surface area contributed by atoms with E-state index in [0.717, 1.165) is 11.1 Å². The number of aliphatic hydroxyl groups excluding tert-OH is 1. The SMILES string of the molecule is CC(C)CN(C[C@@H](O)[C@@H](N)Cc1ccccc1)C(=O)c1ccc2nc(-c3ccncc3)oc2c1. The molecule has 34 heavy (non-hydrogen) atoms. The summed E-state index contributed by atoms with van der Waals surface area (Å²) in [6, 6.07) is 18.2. The first-order valence-corrected chi connectivity index (χ1v) is 11.5. The fourth-order valence-electron chi connectivity index (χ4n) is 3.92. The van der Waals surface area contributed by atoms with Crippen LogP contribution in [0.2, 0.25) is 0 Å². The van der Waals surface area contributed by atoms with E-state index in [1.54, 1.807) is 35.5 Å². The smallest absolute Gasteiger partial charge is 0.254 e. The van der Waals surface area contributed by atoms with Crippen LogP contribution in [0.3, 0.4) is 0 Å². The fourth-order valence-corrected chi connectivity index (χ4v) is 3.92. The van der Waals surface area contributed by atoms with E-state index in [9.17, 15) is 9.90 Å². The number of hydrogen-bond acceptors (Lipinski definition) is 6. The van der Waals surface area contributed by atoms with Crippen molar-refractivity contribution in [1.82, 2.24) is 14.9 Å². The van der Waals surface area contributed by atoms with Crippen LogP contribution in [-0.4, -0.2) is 51.1 Å². The van der Waals surface area contributed by atoms with Crippen molar-refractivity contribution in [2.75, 3.05) is 13.1 Å². The van der Waals surface area contributed by atoms with Crippen molar-refractivity contribution in [2.24, 2.45) is 11.7 Å². The molecule has 3 N–H and O–H groups in total. The number of carbonyl (C=O) groups is 1. The highest BCUT2D eigenvalue weighted by atomic mass is 16.3. The maximum Gasteiger partial charge on any atom is 0.254 e. The largest absolute Gasteiger partial charge is 0.436 e. The summed E-state index contributed by atoms with van der Waals surface area (Å²) in [7, 11) is 0. The van der Waals surface area contributed by atoms with Crippen LogP contribution < -0.4 is 5.73 Å². The summed E-state index contributed by atoms with van der Waals surface area (Å²) in [5.74, 6) is 0.528. The maximum atomic E-state index is 13.4. The Kier molecular flexibility index (Phi) is 7.35. The molecule has 0 fully saturated rings. The van der Waals surface area contributed by atoms with Crippen LogP contribution in [0, 0.1) is 5.92 Å². The summed E-state index contributed by atoms with van der Waals surface area (Å²) < 4.78 is 5.91. The summed E-state index contributed by atoms with van der Waals surface area (Å²) >= 11 is 0. The molecule has 7 heteroatoms. The van der Waals surface area contributed by atoms with E-state index < -0.39 is 12.1 Å².